The van der Waals surface area contributed by atoms with Crippen molar-refractivity contribution in [1.29, 1.82) is 0 Å². The molecule has 0 radical (unpaired) electrons. The molecule has 0 fully saturated rings. The molecule has 1 heterocycles. The average molecular weight is 188 g/mol. The lowest BCUT2D eigenvalue weighted by atomic mass is 10.5. The zero-order valence-electron chi connectivity index (χ0n) is 7.37. The Kier molecular flexibility index (Phi) is 3.17. The summed E-state index contributed by atoms with van der Waals surface area (Å²) in [4.78, 5) is 11.7. The monoisotopic (exact) mass is 188 g/mol. The maximum Gasteiger partial charge on any atom is 0.334 e. The first-order valence-corrected chi connectivity index (χ1v) is 4.63. The van der Waals surface area contributed by atoms with Crippen molar-refractivity contribution in [2.75, 3.05) is 7.11 Å². The molecule has 1 aliphatic heterocycles. The van der Waals surface area contributed by atoms with Crippen molar-refractivity contribution >= 4 is 17.7 Å². The van der Waals surface area contributed by atoms with Gasteiger partial charge in [0, 0.05) is 18.4 Å². The van der Waals surface area contributed by atoms with E-state index in [-0.39, 0.29) is 5.97 Å². The Morgan fingerprint density at radius 3 is 2.83 bits per heavy atom. The van der Waals surface area contributed by atoms with Gasteiger partial charge in [-0.15, -0.1) is 11.8 Å². The van der Waals surface area contributed by atoms with Gasteiger partial charge >= 0.3 is 5.97 Å². The SMILES string of the molecule is COC1OC(=O)C=C1SC(C)C. The molecule has 1 aliphatic rings. The second kappa shape index (κ2) is 3.96. The molecule has 1 atom stereocenters. The van der Waals surface area contributed by atoms with Crippen LogP contribution in [0.25, 0.3) is 0 Å². The Morgan fingerprint density at radius 2 is 2.33 bits per heavy atom. The van der Waals surface area contributed by atoms with Crippen molar-refractivity contribution < 1.29 is 14.3 Å². The van der Waals surface area contributed by atoms with Crippen LogP contribution in [0.15, 0.2) is 11.0 Å². The van der Waals surface area contributed by atoms with Crippen LogP contribution in [0.3, 0.4) is 0 Å². The maximum absolute atomic E-state index is 10.8. The van der Waals surface area contributed by atoms with E-state index < -0.39 is 6.29 Å². The molecule has 0 amide bonds. The number of carbonyl (C=O) groups excluding carboxylic acids is 1. The predicted octanol–water partition coefficient (Wildman–Crippen LogP) is 1.54. The molecule has 0 saturated heterocycles. The lowest BCUT2D eigenvalue weighted by Gasteiger charge is -2.12. The summed E-state index contributed by atoms with van der Waals surface area (Å²) in [7, 11) is 1.53. The van der Waals surface area contributed by atoms with Crippen LogP contribution in [0.4, 0.5) is 0 Å². The summed E-state index contributed by atoms with van der Waals surface area (Å²) in [6.45, 7) is 4.11. The number of thioether (sulfide) groups is 1. The summed E-state index contributed by atoms with van der Waals surface area (Å²) in [5.74, 6) is -0.315. The topological polar surface area (TPSA) is 35.5 Å². The number of esters is 1. The fourth-order valence-electron chi connectivity index (χ4n) is 0.908. The molecule has 0 aromatic carbocycles. The Labute approximate surface area is 76.1 Å². The number of hydrogen-bond donors (Lipinski definition) is 0. The summed E-state index contributed by atoms with van der Waals surface area (Å²) in [6.07, 6.45) is 1.00. The molecule has 1 unspecified atom stereocenters. The Balaban J connectivity index is 2.60. The molecule has 12 heavy (non-hydrogen) atoms. The standard InChI is InChI=1S/C8H12O3S/c1-5(2)12-6-4-7(9)11-8(6)10-3/h4-5,8H,1-3H3. The average Bonchev–Trinajstić information content (AvgIpc) is 2.29. The van der Waals surface area contributed by atoms with E-state index >= 15 is 0 Å². The van der Waals surface area contributed by atoms with Gasteiger partial charge in [0.2, 0.25) is 6.29 Å². The minimum absolute atomic E-state index is 0.315. The van der Waals surface area contributed by atoms with Crippen molar-refractivity contribution in [1.82, 2.24) is 0 Å². The van der Waals surface area contributed by atoms with Crippen LogP contribution < -0.4 is 0 Å². The molecule has 0 spiro atoms. The lowest BCUT2D eigenvalue weighted by molar-refractivity contribution is -0.154. The summed E-state index contributed by atoms with van der Waals surface area (Å²) in [5.41, 5.74) is 0. The van der Waals surface area contributed by atoms with Crippen molar-refractivity contribution in [2.24, 2.45) is 0 Å². The van der Waals surface area contributed by atoms with Crippen LogP contribution in [0.1, 0.15) is 13.8 Å². The van der Waals surface area contributed by atoms with Gasteiger partial charge in [0.15, 0.2) is 0 Å². The molecular weight excluding hydrogens is 176 g/mol. The lowest BCUT2D eigenvalue weighted by Crippen LogP contribution is -2.13. The third-order valence-electron chi connectivity index (χ3n) is 1.30. The number of cyclic esters (lactones) is 1. The van der Waals surface area contributed by atoms with E-state index in [1.165, 1.54) is 13.2 Å². The smallest absolute Gasteiger partial charge is 0.334 e. The number of methoxy groups -OCH3 is 1. The summed E-state index contributed by atoms with van der Waals surface area (Å²) in [6, 6.07) is 0. The summed E-state index contributed by atoms with van der Waals surface area (Å²) >= 11 is 1.59. The number of ether oxygens (including phenoxy) is 2. The van der Waals surface area contributed by atoms with Crippen LogP contribution in [0.5, 0.6) is 0 Å². The van der Waals surface area contributed by atoms with Gasteiger partial charge in [-0.05, 0) is 0 Å². The van der Waals surface area contributed by atoms with E-state index in [4.69, 9.17) is 9.47 Å². The minimum Gasteiger partial charge on any atom is -0.427 e. The first kappa shape index (κ1) is 9.61. The molecule has 68 valence electrons. The molecule has 0 saturated carbocycles. The highest BCUT2D eigenvalue weighted by molar-refractivity contribution is 8.03. The molecule has 0 aromatic heterocycles. The van der Waals surface area contributed by atoms with Crippen LogP contribution in [0, 0.1) is 0 Å². The fourth-order valence-corrected chi connectivity index (χ4v) is 1.87. The molecule has 0 aromatic rings. The van der Waals surface area contributed by atoms with Gasteiger partial charge in [0.1, 0.15) is 0 Å². The van der Waals surface area contributed by atoms with Crippen LogP contribution >= 0.6 is 11.8 Å². The van der Waals surface area contributed by atoms with Crippen molar-refractivity contribution in [3.05, 3.63) is 11.0 Å². The Hall–Kier alpha value is -0.480. The van der Waals surface area contributed by atoms with Gasteiger partial charge in [0.05, 0.1) is 4.91 Å². The fraction of sp³-hybridized carbons (Fsp3) is 0.625. The molecule has 0 bridgehead atoms. The van der Waals surface area contributed by atoms with Gasteiger partial charge in [-0.2, -0.15) is 0 Å². The Morgan fingerprint density at radius 1 is 1.67 bits per heavy atom. The molecule has 1 rings (SSSR count). The van der Waals surface area contributed by atoms with Crippen molar-refractivity contribution in [2.45, 2.75) is 25.4 Å². The minimum atomic E-state index is -0.482. The number of rotatable bonds is 3. The van der Waals surface area contributed by atoms with Gasteiger partial charge in [-0.25, -0.2) is 4.79 Å². The van der Waals surface area contributed by atoms with E-state index in [2.05, 4.69) is 13.8 Å². The van der Waals surface area contributed by atoms with Gasteiger partial charge in [-0.3, -0.25) is 0 Å². The third-order valence-corrected chi connectivity index (χ3v) is 2.36. The maximum atomic E-state index is 10.8. The second-order valence-electron chi connectivity index (χ2n) is 2.72. The molecular formula is C8H12O3S. The number of carbonyl (C=O) groups is 1. The summed E-state index contributed by atoms with van der Waals surface area (Å²) in [5, 5.41) is 0.434. The third kappa shape index (κ3) is 2.25. The van der Waals surface area contributed by atoms with E-state index in [0.717, 1.165) is 4.91 Å². The molecule has 3 nitrogen and oxygen atoms in total. The first-order valence-electron chi connectivity index (χ1n) is 3.75. The van der Waals surface area contributed by atoms with E-state index in [9.17, 15) is 4.79 Å². The van der Waals surface area contributed by atoms with Gasteiger partial charge in [0.25, 0.3) is 0 Å². The zero-order valence-corrected chi connectivity index (χ0v) is 8.18. The predicted molar refractivity (Wildman–Crippen MR) is 47.7 cm³/mol. The highest BCUT2D eigenvalue weighted by atomic mass is 32.2. The largest absolute Gasteiger partial charge is 0.427 e. The first-order chi connectivity index (χ1) is 5.63. The normalized spacial score (nSPS) is 22.8. The van der Waals surface area contributed by atoms with Crippen molar-refractivity contribution in [3.8, 4) is 0 Å². The van der Waals surface area contributed by atoms with E-state index in [0.29, 0.717) is 5.25 Å². The quantitative estimate of drug-likeness (QED) is 0.629. The van der Waals surface area contributed by atoms with Crippen LogP contribution in [-0.4, -0.2) is 24.6 Å². The summed E-state index contributed by atoms with van der Waals surface area (Å²) < 4.78 is 9.81. The van der Waals surface area contributed by atoms with Crippen LogP contribution in [-0.2, 0) is 14.3 Å². The molecule has 4 heteroatoms. The van der Waals surface area contributed by atoms with Crippen LogP contribution in [0.2, 0.25) is 0 Å². The van der Waals surface area contributed by atoms with Crippen molar-refractivity contribution in [3.63, 3.8) is 0 Å². The van der Waals surface area contributed by atoms with Gasteiger partial charge in [-0.1, -0.05) is 13.8 Å². The Bertz CT molecular complexity index is 210. The van der Waals surface area contributed by atoms with Gasteiger partial charge < -0.3 is 9.47 Å². The second-order valence-corrected chi connectivity index (χ2v) is 4.37. The highest BCUT2D eigenvalue weighted by Crippen LogP contribution is 2.30. The number of hydrogen-bond acceptors (Lipinski definition) is 4. The molecule has 0 aliphatic carbocycles. The highest BCUT2D eigenvalue weighted by Gasteiger charge is 2.26. The van der Waals surface area contributed by atoms with E-state index in [1.54, 1.807) is 11.8 Å². The van der Waals surface area contributed by atoms with E-state index in [1.807, 2.05) is 0 Å². The zero-order chi connectivity index (χ0) is 9.14. The molecule has 0 N–H and O–H groups in total.